The van der Waals surface area contributed by atoms with Crippen LogP contribution in [0.1, 0.15) is 57.4 Å². The molecule has 8 nitrogen and oxygen atoms in total. The van der Waals surface area contributed by atoms with E-state index in [1.807, 2.05) is 6.07 Å². The van der Waals surface area contributed by atoms with Crippen LogP contribution in [-0.4, -0.2) is 51.8 Å². The Morgan fingerprint density at radius 2 is 2.11 bits per heavy atom. The maximum Gasteiger partial charge on any atom is 0.353 e. The third kappa shape index (κ3) is 5.20. The summed E-state index contributed by atoms with van der Waals surface area (Å²) in [4.78, 5) is 16.3. The van der Waals surface area contributed by atoms with Crippen LogP contribution in [0.2, 0.25) is 0 Å². The van der Waals surface area contributed by atoms with E-state index >= 15 is 0 Å². The Morgan fingerprint density at radius 3 is 2.86 bits per heavy atom. The number of aliphatic hydroxyl groups excluding tert-OH is 2. The van der Waals surface area contributed by atoms with Crippen LogP contribution in [-0.2, 0) is 15.9 Å². The van der Waals surface area contributed by atoms with Crippen LogP contribution in [0.25, 0.3) is 11.1 Å². The molecular weight excluding hydrogens is 364 g/mol. The second-order valence-corrected chi connectivity index (χ2v) is 7.30. The summed E-state index contributed by atoms with van der Waals surface area (Å²) in [5, 5.41) is 19.8. The summed E-state index contributed by atoms with van der Waals surface area (Å²) in [6.45, 7) is 3.49. The third-order valence-electron chi connectivity index (χ3n) is 5.04. The van der Waals surface area contributed by atoms with Gasteiger partial charge in [0.05, 0.1) is 18.1 Å². The Morgan fingerprint density at radius 1 is 1.29 bits per heavy atom. The highest BCUT2D eigenvalue weighted by molar-refractivity contribution is 5.72. The molecular formula is C20H30N2O6. The first-order chi connectivity index (χ1) is 13.6. The molecule has 28 heavy (non-hydrogen) atoms. The molecule has 3 rings (SSSR count). The molecule has 0 radical (unpaired) electrons. The highest BCUT2D eigenvalue weighted by Gasteiger charge is 2.35. The smallest absolute Gasteiger partial charge is 0.353 e. The molecule has 0 aromatic carbocycles. The SMILES string of the molecule is CCCCOCCCCCc1cc2cn([C@H]3C[C@H](O)[C@@H](CO)O3)c(=O)nc2o1. The number of ether oxygens (including phenoxy) is 2. The summed E-state index contributed by atoms with van der Waals surface area (Å²) in [5.41, 5.74) is -0.176. The molecule has 2 N–H and O–H groups in total. The molecule has 0 spiro atoms. The van der Waals surface area contributed by atoms with Crippen molar-refractivity contribution >= 4 is 11.1 Å². The Labute approximate surface area is 164 Å². The van der Waals surface area contributed by atoms with E-state index < -0.39 is 24.1 Å². The highest BCUT2D eigenvalue weighted by atomic mass is 16.5. The van der Waals surface area contributed by atoms with E-state index in [9.17, 15) is 15.0 Å². The molecule has 1 aliphatic rings. The first-order valence-corrected chi connectivity index (χ1v) is 10.2. The molecule has 0 bridgehead atoms. The fraction of sp³-hybridized carbons (Fsp3) is 0.700. The quantitative estimate of drug-likeness (QED) is 0.562. The molecule has 0 aliphatic carbocycles. The molecule has 3 heterocycles. The standard InChI is InChI=1S/C20H30N2O6/c1-2-3-8-26-9-6-4-5-7-15-10-14-12-22(20(25)21-19(14)27-15)18-11-16(24)17(13-23)28-18/h10,12,16-18,23-24H,2-9,11,13H2,1H3/t16-,17+,18+/m0/s1. The van der Waals surface area contributed by atoms with Gasteiger partial charge in [-0.2, -0.15) is 4.98 Å². The number of nitrogens with zero attached hydrogens (tertiary/aromatic N) is 2. The van der Waals surface area contributed by atoms with Crippen LogP contribution in [0.4, 0.5) is 0 Å². The average Bonchev–Trinajstić information content (AvgIpc) is 3.25. The lowest BCUT2D eigenvalue weighted by Gasteiger charge is -2.13. The summed E-state index contributed by atoms with van der Waals surface area (Å²) in [7, 11) is 0. The van der Waals surface area contributed by atoms with Gasteiger partial charge in [0.15, 0.2) is 0 Å². The number of furan rings is 1. The van der Waals surface area contributed by atoms with Crippen molar-refractivity contribution in [3.63, 3.8) is 0 Å². The van der Waals surface area contributed by atoms with Crippen molar-refractivity contribution in [3.05, 3.63) is 28.5 Å². The van der Waals surface area contributed by atoms with Crippen molar-refractivity contribution in [1.29, 1.82) is 0 Å². The van der Waals surface area contributed by atoms with Crippen LogP contribution < -0.4 is 5.69 Å². The number of unbranched alkanes of at least 4 members (excludes halogenated alkanes) is 3. The minimum atomic E-state index is -0.802. The van der Waals surface area contributed by atoms with Crippen molar-refractivity contribution < 1.29 is 24.1 Å². The molecule has 0 unspecified atom stereocenters. The minimum Gasteiger partial charge on any atom is -0.443 e. The van der Waals surface area contributed by atoms with Gasteiger partial charge in [-0.15, -0.1) is 0 Å². The van der Waals surface area contributed by atoms with E-state index in [4.69, 9.17) is 13.9 Å². The van der Waals surface area contributed by atoms with Gasteiger partial charge < -0.3 is 24.1 Å². The van der Waals surface area contributed by atoms with E-state index in [-0.39, 0.29) is 13.0 Å². The monoisotopic (exact) mass is 394 g/mol. The van der Waals surface area contributed by atoms with Gasteiger partial charge in [0.2, 0.25) is 5.71 Å². The zero-order valence-electron chi connectivity index (χ0n) is 16.4. The predicted molar refractivity (Wildman–Crippen MR) is 103 cm³/mol. The van der Waals surface area contributed by atoms with Gasteiger partial charge in [0.1, 0.15) is 18.1 Å². The summed E-state index contributed by atoms with van der Waals surface area (Å²) >= 11 is 0. The number of aliphatic hydroxyl groups is 2. The first kappa shape index (κ1) is 21.0. The molecule has 2 aromatic heterocycles. The van der Waals surface area contributed by atoms with E-state index in [1.165, 1.54) is 4.57 Å². The highest BCUT2D eigenvalue weighted by Crippen LogP contribution is 2.28. The van der Waals surface area contributed by atoms with E-state index in [0.29, 0.717) is 5.71 Å². The number of aryl methyl sites for hydroxylation is 1. The van der Waals surface area contributed by atoms with Gasteiger partial charge in [-0.25, -0.2) is 4.79 Å². The van der Waals surface area contributed by atoms with E-state index in [2.05, 4.69) is 11.9 Å². The van der Waals surface area contributed by atoms with Gasteiger partial charge in [0, 0.05) is 32.3 Å². The molecule has 3 atom stereocenters. The van der Waals surface area contributed by atoms with Gasteiger partial charge in [-0.05, 0) is 25.3 Å². The first-order valence-electron chi connectivity index (χ1n) is 10.2. The Kier molecular flexibility index (Phi) is 7.61. The minimum absolute atomic E-state index is 0.239. The summed E-state index contributed by atoms with van der Waals surface area (Å²) in [5.74, 6) is 0.798. The van der Waals surface area contributed by atoms with Crippen LogP contribution in [0.5, 0.6) is 0 Å². The van der Waals surface area contributed by atoms with Crippen LogP contribution in [0, 0.1) is 0 Å². The van der Waals surface area contributed by atoms with Crippen molar-refractivity contribution in [2.24, 2.45) is 0 Å². The van der Waals surface area contributed by atoms with Gasteiger partial charge in [0.25, 0.3) is 0 Å². The molecule has 1 saturated heterocycles. The average molecular weight is 394 g/mol. The van der Waals surface area contributed by atoms with E-state index in [1.54, 1.807) is 6.20 Å². The fourth-order valence-electron chi connectivity index (χ4n) is 3.39. The van der Waals surface area contributed by atoms with Crippen LogP contribution in [0.3, 0.4) is 0 Å². The molecule has 0 saturated carbocycles. The molecule has 156 valence electrons. The van der Waals surface area contributed by atoms with Gasteiger partial charge >= 0.3 is 5.69 Å². The summed E-state index contributed by atoms with van der Waals surface area (Å²) in [6, 6.07) is 1.89. The Balaban J connectivity index is 1.55. The maximum absolute atomic E-state index is 12.3. The Hall–Kier alpha value is -1.74. The second kappa shape index (κ2) is 10.2. The van der Waals surface area contributed by atoms with Crippen molar-refractivity contribution in [1.82, 2.24) is 9.55 Å². The zero-order chi connectivity index (χ0) is 19.9. The third-order valence-corrected chi connectivity index (χ3v) is 5.04. The maximum atomic E-state index is 12.3. The molecule has 1 aliphatic heterocycles. The predicted octanol–water partition coefficient (Wildman–Crippen LogP) is 2.16. The van der Waals surface area contributed by atoms with Crippen LogP contribution in [0.15, 0.2) is 21.5 Å². The number of fused-ring (bicyclic) bond motifs is 1. The van der Waals surface area contributed by atoms with E-state index in [0.717, 1.165) is 62.9 Å². The zero-order valence-corrected chi connectivity index (χ0v) is 16.4. The lowest BCUT2D eigenvalue weighted by atomic mass is 10.1. The lowest BCUT2D eigenvalue weighted by Crippen LogP contribution is -2.27. The fourth-order valence-corrected chi connectivity index (χ4v) is 3.39. The van der Waals surface area contributed by atoms with Crippen LogP contribution >= 0.6 is 0 Å². The lowest BCUT2D eigenvalue weighted by molar-refractivity contribution is -0.0457. The van der Waals surface area contributed by atoms with Crippen molar-refractivity contribution in [2.75, 3.05) is 19.8 Å². The van der Waals surface area contributed by atoms with Gasteiger partial charge in [-0.3, -0.25) is 4.57 Å². The molecule has 1 fully saturated rings. The molecule has 2 aromatic rings. The van der Waals surface area contributed by atoms with Crippen molar-refractivity contribution in [3.8, 4) is 0 Å². The molecule has 0 amide bonds. The van der Waals surface area contributed by atoms with Crippen molar-refractivity contribution in [2.45, 2.75) is 70.3 Å². The number of hydrogen-bond donors (Lipinski definition) is 2. The topological polar surface area (TPSA) is 107 Å². The Bertz CT molecular complexity index is 802. The number of rotatable bonds is 11. The second-order valence-electron chi connectivity index (χ2n) is 7.30. The summed E-state index contributed by atoms with van der Waals surface area (Å²) < 4.78 is 18.2. The largest absolute Gasteiger partial charge is 0.443 e. The number of hydrogen-bond acceptors (Lipinski definition) is 7. The van der Waals surface area contributed by atoms with Gasteiger partial charge in [-0.1, -0.05) is 19.8 Å². The normalized spacial score (nSPS) is 22.3. The summed E-state index contributed by atoms with van der Waals surface area (Å²) in [6.07, 6.45) is 5.88. The molecule has 8 heteroatoms. The number of aromatic nitrogens is 2.